The molecule has 0 aliphatic carbocycles. The van der Waals surface area contributed by atoms with Crippen LogP contribution in [0.1, 0.15) is 22.4 Å². The number of rotatable bonds is 4. The first-order valence-corrected chi connectivity index (χ1v) is 10.4. The maximum atomic E-state index is 13.5. The number of nitrogens with zero attached hydrogens (tertiary/aromatic N) is 3. The van der Waals surface area contributed by atoms with Crippen molar-refractivity contribution in [2.24, 2.45) is 7.05 Å². The van der Waals surface area contributed by atoms with E-state index in [9.17, 15) is 14.4 Å². The molecule has 0 aliphatic heterocycles. The second kappa shape index (κ2) is 8.00. The van der Waals surface area contributed by atoms with Gasteiger partial charge in [-0.15, -0.1) is 0 Å². The molecule has 0 unspecified atom stereocenters. The Morgan fingerprint density at radius 2 is 1.66 bits per heavy atom. The standard InChI is InChI=1S/C25H26N4O3/c1-15-7-6-8-19(11-15)29-24(31)23-21(13-18(4)27(23)5)28(25(29)32)14-22(30)26-20-12-16(2)9-10-17(20)3/h6-13H,14H2,1-5H3,(H,26,30). The van der Waals surface area contributed by atoms with Crippen molar-refractivity contribution in [1.82, 2.24) is 13.7 Å². The molecule has 2 aromatic heterocycles. The minimum Gasteiger partial charge on any atom is -0.342 e. The molecule has 1 N–H and O–H groups in total. The van der Waals surface area contributed by atoms with E-state index in [0.717, 1.165) is 27.0 Å². The van der Waals surface area contributed by atoms with Gasteiger partial charge >= 0.3 is 5.69 Å². The predicted molar refractivity (Wildman–Crippen MR) is 127 cm³/mol. The molecule has 2 heterocycles. The summed E-state index contributed by atoms with van der Waals surface area (Å²) in [6.07, 6.45) is 0. The van der Waals surface area contributed by atoms with Gasteiger partial charge in [0.1, 0.15) is 12.1 Å². The molecular weight excluding hydrogens is 404 g/mol. The molecule has 7 nitrogen and oxygen atoms in total. The third-order valence-corrected chi connectivity index (χ3v) is 5.80. The molecule has 2 aromatic carbocycles. The second-order valence-corrected chi connectivity index (χ2v) is 8.29. The molecule has 4 rings (SSSR count). The van der Waals surface area contributed by atoms with Crippen molar-refractivity contribution >= 4 is 22.6 Å². The van der Waals surface area contributed by atoms with Crippen LogP contribution >= 0.6 is 0 Å². The molecule has 0 saturated heterocycles. The quantitative estimate of drug-likeness (QED) is 0.539. The van der Waals surface area contributed by atoms with E-state index in [0.29, 0.717) is 22.4 Å². The molecule has 0 atom stereocenters. The van der Waals surface area contributed by atoms with Gasteiger partial charge in [0.15, 0.2) is 0 Å². The van der Waals surface area contributed by atoms with Crippen LogP contribution in [0.2, 0.25) is 0 Å². The van der Waals surface area contributed by atoms with Gasteiger partial charge in [0.2, 0.25) is 5.91 Å². The van der Waals surface area contributed by atoms with Crippen molar-refractivity contribution in [3.63, 3.8) is 0 Å². The number of carbonyl (C=O) groups excluding carboxylic acids is 1. The molecule has 0 aliphatic rings. The fourth-order valence-electron chi connectivity index (χ4n) is 3.94. The number of hydrogen-bond donors (Lipinski definition) is 1. The van der Waals surface area contributed by atoms with E-state index in [1.807, 2.05) is 52.0 Å². The van der Waals surface area contributed by atoms with Crippen molar-refractivity contribution in [1.29, 1.82) is 0 Å². The molecule has 1 amide bonds. The lowest BCUT2D eigenvalue weighted by Gasteiger charge is -2.14. The van der Waals surface area contributed by atoms with Gasteiger partial charge in [-0.05, 0) is 68.7 Å². The van der Waals surface area contributed by atoms with E-state index < -0.39 is 11.2 Å². The van der Waals surface area contributed by atoms with Crippen LogP contribution in [-0.2, 0) is 18.4 Å². The highest BCUT2D eigenvalue weighted by Crippen LogP contribution is 2.18. The lowest BCUT2D eigenvalue weighted by atomic mass is 10.1. The Morgan fingerprint density at radius 3 is 2.38 bits per heavy atom. The highest BCUT2D eigenvalue weighted by molar-refractivity contribution is 5.92. The molecule has 0 fully saturated rings. The zero-order valence-corrected chi connectivity index (χ0v) is 18.9. The van der Waals surface area contributed by atoms with Crippen LogP contribution < -0.4 is 16.6 Å². The van der Waals surface area contributed by atoms with Gasteiger partial charge in [-0.1, -0.05) is 24.3 Å². The molecule has 4 aromatic rings. The number of amides is 1. The molecular formula is C25H26N4O3. The predicted octanol–water partition coefficient (Wildman–Crippen LogP) is 3.36. The highest BCUT2D eigenvalue weighted by Gasteiger charge is 2.20. The number of nitrogens with one attached hydrogen (secondary N) is 1. The summed E-state index contributed by atoms with van der Waals surface area (Å²) in [6, 6.07) is 14.8. The summed E-state index contributed by atoms with van der Waals surface area (Å²) in [6.45, 7) is 7.42. The van der Waals surface area contributed by atoms with Gasteiger partial charge in [0.25, 0.3) is 5.56 Å². The molecule has 0 saturated carbocycles. The Hall–Kier alpha value is -3.87. The SMILES string of the molecule is Cc1cccc(-n2c(=O)c3c(cc(C)n3C)n(CC(=O)Nc3cc(C)ccc3C)c2=O)c1. The number of hydrogen-bond acceptors (Lipinski definition) is 3. The molecule has 7 heteroatoms. The van der Waals surface area contributed by atoms with Crippen molar-refractivity contribution in [3.05, 3.63) is 91.8 Å². The maximum Gasteiger partial charge on any atom is 0.336 e. The first kappa shape index (κ1) is 21.4. The van der Waals surface area contributed by atoms with E-state index in [4.69, 9.17) is 0 Å². The van der Waals surface area contributed by atoms with Crippen LogP contribution in [0.3, 0.4) is 0 Å². The number of carbonyl (C=O) groups is 1. The number of aryl methyl sites for hydroxylation is 5. The van der Waals surface area contributed by atoms with Crippen LogP contribution in [0.5, 0.6) is 0 Å². The normalized spacial score (nSPS) is 11.2. The Labute approximate surface area is 185 Å². The smallest absolute Gasteiger partial charge is 0.336 e. The van der Waals surface area contributed by atoms with Crippen LogP contribution in [-0.4, -0.2) is 19.6 Å². The Bertz CT molecular complexity index is 1490. The largest absolute Gasteiger partial charge is 0.342 e. The Morgan fingerprint density at radius 1 is 0.938 bits per heavy atom. The molecule has 164 valence electrons. The summed E-state index contributed by atoms with van der Waals surface area (Å²) < 4.78 is 4.26. The molecule has 0 bridgehead atoms. The highest BCUT2D eigenvalue weighted by atomic mass is 16.2. The Kier molecular flexibility index (Phi) is 5.34. The van der Waals surface area contributed by atoms with Crippen molar-refractivity contribution in [2.75, 3.05) is 5.32 Å². The third kappa shape index (κ3) is 3.66. The van der Waals surface area contributed by atoms with Crippen LogP contribution in [0, 0.1) is 27.7 Å². The van der Waals surface area contributed by atoms with Gasteiger partial charge in [-0.3, -0.25) is 14.2 Å². The summed E-state index contributed by atoms with van der Waals surface area (Å²) in [7, 11) is 1.78. The zero-order valence-electron chi connectivity index (χ0n) is 18.9. The first-order valence-electron chi connectivity index (χ1n) is 10.4. The average Bonchev–Trinajstić information content (AvgIpc) is 3.03. The summed E-state index contributed by atoms with van der Waals surface area (Å²) in [5.74, 6) is -0.335. The Balaban J connectivity index is 1.88. The summed E-state index contributed by atoms with van der Waals surface area (Å²) in [5.41, 5.74) is 4.76. The van der Waals surface area contributed by atoms with Gasteiger partial charge in [-0.25, -0.2) is 9.36 Å². The maximum absolute atomic E-state index is 13.5. The number of aromatic nitrogens is 3. The van der Waals surface area contributed by atoms with E-state index in [2.05, 4.69) is 5.32 Å². The van der Waals surface area contributed by atoms with Crippen LogP contribution in [0.4, 0.5) is 5.69 Å². The molecule has 0 radical (unpaired) electrons. The van der Waals surface area contributed by atoms with Gasteiger partial charge < -0.3 is 9.88 Å². The lowest BCUT2D eigenvalue weighted by Crippen LogP contribution is -2.41. The molecule has 0 spiro atoms. The van der Waals surface area contributed by atoms with Crippen LogP contribution in [0.15, 0.2) is 58.1 Å². The van der Waals surface area contributed by atoms with Crippen LogP contribution in [0.25, 0.3) is 16.7 Å². The van der Waals surface area contributed by atoms with Crippen molar-refractivity contribution < 1.29 is 4.79 Å². The fraction of sp³-hybridized carbons (Fsp3) is 0.240. The average molecular weight is 431 g/mol. The minimum absolute atomic E-state index is 0.210. The topological polar surface area (TPSA) is 78.0 Å². The van der Waals surface area contributed by atoms with Gasteiger partial charge in [0, 0.05) is 18.4 Å². The van der Waals surface area contributed by atoms with E-state index in [1.54, 1.807) is 35.9 Å². The summed E-state index contributed by atoms with van der Waals surface area (Å²) in [5, 5.41) is 2.90. The second-order valence-electron chi connectivity index (χ2n) is 8.29. The molecule has 32 heavy (non-hydrogen) atoms. The fourth-order valence-corrected chi connectivity index (χ4v) is 3.94. The first-order chi connectivity index (χ1) is 15.2. The summed E-state index contributed by atoms with van der Waals surface area (Å²) in [4.78, 5) is 39.8. The van der Waals surface area contributed by atoms with Crippen molar-refractivity contribution in [3.8, 4) is 5.69 Å². The number of anilines is 1. The van der Waals surface area contributed by atoms with Gasteiger partial charge in [-0.2, -0.15) is 0 Å². The minimum atomic E-state index is -0.546. The number of fused-ring (bicyclic) bond motifs is 1. The monoisotopic (exact) mass is 430 g/mol. The third-order valence-electron chi connectivity index (χ3n) is 5.80. The summed E-state index contributed by atoms with van der Waals surface area (Å²) >= 11 is 0. The van der Waals surface area contributed by atoms with Gasteiger partial charge in [0.05, 0.1) is 11.2 Å². The zero-order chi connectivity index (χ0) is 23.2. The van der Waals surface area contributed by atoms with E-state index in [-0.39, 0.29) is 12.5 Å². The van der Waals surface area contributed by atoms with Crippen molar-refractivity contribution in [2.45, 2.75) is 34.2 Å². The number of benzene rings is 2. The van der Waals surface area contributed by atoms with E-state index in [1.165, 1.54) is 4.57 Å². The lowest BCUT2D eigenvalue weighted by molar-refractivity contribution is -0.116. The van der Waals surface area contributed by atoms with E-state index >= 15 is 0 Å².